The third-order valence-corrected chi connectivity index (χ3v) is 4.06. The summed E-state index contributed by atoms with van der Waals surface area (Å²) in [6, 6.07) is 7.60. The van der Waals surface area contributed by atoms with Gasteiger partial charge in [0.25, 0.3) is 11.6 Å². The van der Waals surface area contributed by atoms with Crippen LogP contribution in [0.2, 0.25) is 0 Å². The van der Waals surface area contributed by atoms with Crippen LogP contribution in [0.25, 0.3) is 0 Å². The number of hydrogen-bond acceptors (Lipinski definition) is 7. The number of carbonyl (C=O) groups excluding carboxylic acids is 1. The lowest BCUT2D eigenvalue weighted by molar-refractivity contribution is -0.383. The Balaban J connectivity index is 1.77. The van der Waals surface area contributed by atoms with Crippen molar-refractivity contribution in [2.45, 2.75) is 0 Å². The van der Waals surface area contributed by atoms with E-state index in [0.717, 1.165) is 26.2 Å². The van der Waals surface area contributed by atoms with Crippen molar-refractivity contribution in [3.8, 4) is 0 Å². The fraction of sp³-hybridized carbons (Fsp3) is 0.312. The molecule has 0 atom stereocenters. The van der Waals surface area contributed by atoms with Gasteiger partial charge in [-0.15, -0.1) is 0 Å². The summed E-state index contributed by atoms with van der Waals surface area (Å²) in [6.07, 6.45) is 1.34. The number of carbonyl (C=O) groups is 1. The van der Waals surface area contributed by atoms with E-state index < -0.39 is 10.8 Å². The van der Waals surface area contributed by atoms with E-state index in [1.807, 2.05) is 0 Å². The zero-order valence-corrected chi connectivity index (χ0v) is 13.8. The van der Waals surface area contributed by atoms with Crippen molar-refractivity contribution < 1.29 is 9.72 Å². The quantitative estimate of drug-likeness (QED) is 0.661. The molecular weight excluding hydrogens is 324 g/mol. The second kappa shape index (κ2) is 7.22. The molecule has 0 spiro atoms. The van der Waals surface area contributed by atoms with Crippen molar-refractivity contribution in [3.05, 3.63) is 52.5 Å². The number of hydrogen-bond donors (Lipinski definition) is 1. The van der Waals surface area contributed by atoms with Crippen LogP contribution in [-0.2, 0) is 0 Å². The fourth-order valence-corrected chi connectivity index (χ4v) is 2.60. The largest absolute Gasteiger partial charge is 0.354 e. The van der Waals surface area contributed by atoms with Crippen LogP contribution in [0.3, 0.4) is 0 Å². The average molecular weight is 342 g/mol. The highest BCUT2D eigenvalue weighted by Gasteiger charge is 2.19. The predicted molar refractivity (Wildman–Crippen MR) is 92.8 cm³/mol. The molecule has 0 unspecified atom stereocenters. The molecular formula is C16H18N6O3. The van der Waals surface area contributed by atoms with Crippen molar-refractivity contribution in [3.63, 3.8) is 0 Å². The van der Waals surface area contributed by atoms with Crippen LogP contribution in [0, 0.1) is 10.1 Å². The van der Waals surface area contributed by atoms with Gasteiger partial charge in [-0.25, -0.2) is 9.97 Å². The highest BCUT2D eigenvalue weighted by atomic mass is 16.6. The van der Waals surface area contributed by atoms with Crippen molar-refractivity contribution in [2.75, 3.05) is 43.4 Å². The minimum absolute atomic E-state index is 0.136. The fourth-order valence-electron chi connectivity index (χ4n) is 2.60. The lowest BCUT2D eigenvalue weighted by Crippen LogP contribution is -2.44. The summed E-state index contributed by atoms with van der Waals surface area (Å²) in [7, 11) is 2.06. The molecule has 25 heavy (non-hydrogen) atoms. The van der Waals surface area contributed by atoms with Crippen LogP contribution in [0.15, 0.2) is 36.7 Å². The summed E-state index contributed by atoms with van der Waals surface area (Å²) in [5, 5.41) is 13.6. The van der Waals surface area contributed by atoms with Gasteiger partial charge in [0.05, 0.1) is 4.92 Å². The lowest BCUT2D eigenvalue weighted by atomic mass is 10.2. The Morgan fingerprint density at radius 1 is 1.20 bits per heavy atom. The molecule has 0 radical (unpaired) electrons. The van der Waals surface area contributed by atoms with E-state index in [1.54, 1.807) is 18.2 Å². The summed E-state index contributed by atoms with van der Waals surface area (Å²) in [6.45, 7) is 3.47. The van der Waals surface area contributed by atoms with Crippen molar-refractivity contribution >= 4 is 23.1 Å². The first-order chi connectivity index (χ1) is 12.0. The highest BCUT2D eigenvalue weighted by molar-refractivity contribution is 6.04. The van der Waals surface area contributed by atoms with Crippen LogP contribution in [0.1, 0.15) is 10.5 Å². The van der Waals surface area contributed by atoms with Gasteiger partial charge in [0.15, 0.2) is 0 Å². The van der Waals surface area contributed by atoms with Gasteiger partial charge < -0.3 is 15.1 Å². The zero-order chi connectivity index (χ0) is 17.8. The zero-order valence-electron chi connectivity index (χ0n) is 13.8. The van der Waals surface area contributed by atoms with E-state index in [4.69, 9.17) is 0 Å². The number of benzene rings is 1. The standard InChI is InChI=1S/C16H18N6O3/c1-20-6-8-21(9-7-20)15-10-13(17-11-18-15)16(23)19-12-4-2-3-5-14(12)22(24)25/h2-5,10-11H,6-9H2,1H3,(H,19,23). The predicted octanol–water partition coefficient (Wildman–Crippen LogP) is 1.39. The van der Waals surface area contributed by atoms with Crippen LogP contribution < -0.4 is 10.2 Å². The molecule has 3 rings (SSSR count). The molecule has 0 bridgehead atoms. The first-order valence-electron chi connectivity index (χ1n) is 7.85. The molecule has 1 N–H and O–H groups in total. The Bertz CT molecular complexity index is 789. The molecule has 1 aromatic carbocycles. The maximum absolute atomic E-state index is 12.4. The summed E-state index contributed by atoms with van der Waals surface area (Å²) in [5.41, 5.74) is 0.142. The van der Waals surface area contributed by atoms with Crippen LogP contribution in [0.4, 0.5) is 17.2 Å². The molecule has 0 saturated carbocycles. The molecule has 1 aliphatic heterocycles. The molecule has 1 aromatic heterocycles. The van der Waals surface area contributed by atoms with Crippen molar-refractivity contribution in [1.82, 2.24) is 14.9 Å². The minimum atomic E-state index is -0.536. The average Bonchev–Trinajstić information content (AvgIpc) is 2.62. The Morgan fingerprint density at radius 3 is 2.64 bits per heavy atom. The van der Waals surface area contributed by atoms with Gasteiger partial charge in [0, 0.05) is 38.3 Å². The number of nitrogens with one attached hydrogen (secondary N) is 1. The van der Waals surface area contributed by atoms with E-state index in [-0.39, 0.29) is 17.1 Å². The molecule has 2 heterocycles. The summed E-state index contributed by atoms with van der Waals surface area (Å²) in [5.74, 6) is 0.169. The number of likely N-dealkylation sites (N-methyl/N-ethyl adjacent to an activating group) is 1. The van der Waals surface area contributed by atoms with Crippen molar-refractivity contribution in [1.29, 1.82) is 0 Å². The van der Waals surface area contributed by atoms with Crippen LogP contribution in [-0.4, -0.2) is 58.9 Å². The highest BCUT2D eigenvalue weighted by Crippen LogP contribution is 2.24. The molecule has 1 amide bonds. The summed E-state index contributed by atoms with van der Waals surface area (Å²) < 4.78 is 0. The molecule has 1 fully saturated rings. The van der Waals surface area contributed by atoms with E-state index in [0.29, 0.717) is 5.82 Å². The molecule has 9 nitrogen and oxygen atoms in total. The van der Waals surface area contributed by atoms with E-state index in [1.165, 1.54) is 18.5 Å². The molecule has 0 aliphatic carbocycles. The van der Waals surface area contributed by atoms with Gasteiger partial charge in [0.2, 0.25) is 0 Å². The van der Waals surface area contributed by atoms with Gasteiger partial charge >= 0.3 is 0 Å². The third-order valence-electron chi connectivity index (χ3n) is 4.06. The molecule has 130 valence electrons. The number of nitro groups is 1. The smallest absolute Gasteiger partial charge is 0.292 e. The Hall–Kier alpha value is -3.07. The first kappa shape index (κ1) is 16.8. The maximum atomic E-state index is 12.4. The van der Waals surface area contributed by atoms with Gasteiger partial charge in [-0.2, -0.15) is 0 Å². The number of rotatable bonds is 4. The molecule has 1 aliphatic rings. The number of nitrogens with zero attached hydrogens (tertiary/aromatic N) is 5. The van der Waals surface area contributed by atoms with E-state index in [2.05, 4.69) is 32.1 Å². The number of amides is 1. The van der Waals surface area contributed by atoms with E-state index in [9.17, 15) is 14.9 Å². The topological polar surface area (TPSA) is 104 Å². The van der Waals surface area contributed by atoms with Crippen LogP contribution in [0.5, 0.6) is 0 Å². The number of anilines is 2. The van der Waals surface area contributed by atoms with Gasteiger partial charge in [0.1, 0.15) is 23.5 Å². The molecule has 1 saturated heterocycles. The number of piperazine rings is 1. The second-order valence-electron chi connectivity index (χ2n) is 5.78. The lowest BCUT2D eigenvalue weighted by Gasteiger charge is -2.33. The summed E-state index contributed by atoms with van der Waals surface area (Å²) >= 11 is 0. The van der Waals surface area contributed by atoms with Crippen molar-refractivity contribution in [2.24, 2.45) is 0 Å². The Morgan fingerprint density at radius 2 is 1.92 bits per heavy atom. The number of para-hydroxylation sites is 2. The van der Waals surface area contributed by atoms with Crippen LogP contribution >= 0.6 is 0 Å². The van der Waals surface area contributed by atoms with Gasteiger partial charge in [-0.1, -0.05) is 12.1 Å². The minimum Gasteiger partial charge on any atom is -0.354 e. The van der Waals surface area contributed by atoms with E-state index >= 15 is 0 Å². The van der Waals surface area contributed by atoms with Gasteiger partial charge in [-0.3, -0.25) is 14.9 Å². The first-order valence-corrected chi connectivity index (χ1v) is 7.85. The molecule has 9 heteroatoms. The second-order valence-corrected chi connectivity index (χ2v) is 5.78. The number of nitro benzene ring substituents is 1. The summed E-state index contributed by atoms with van der Waals surface area (Å²) in [4.78, 5) is 35.5. The Labute approximate surface area is 144 Å². The Kier molecular flexibility index (Phi) is 4.85. The monoisotopic (exact) mass is 342 g/mol. The maximum Gasteiger partial charge on any atom is 0.292 e. The van der Waals surface area contributed by atoms with Gasteiger partial charge in [-0.05, 0) is 13.1 Å². The molecule has 2 aromatic rings. The SMILES string of the molecule is CN1CCN(c2cc(C(=O)Nc3ccccc3[N+](=O)[O-])ncn2)CC1. The normalized spacial score (nSPS) is 15.0. The number of aromatic nitrogens is 2. The third kappa shape index (κ3) is 3.89.